The third kappa shape index (κ3) is 2.04. The Morgan fingerprint density at radius 3 is 2.82 bits per heavy atom. The molecule has 90 valence electrons. The van der Waals surface area contributed by atoms with Gasteiger partial charge in [0.1, 0.15) is 11.5 Å². The summed E-state index contributed by atoms with van der Waals surface area (Å²) in [6, 6.07) is 6.44. The number of nitrogens with one attached hydrogen (secondary N) is 1. The van der Waals surface area contributed by atoms with Crippen LogP contribution < -0.4 is 10.3 Å². The van der Waals surface area contributed by atoms with E-state index < -0.39 is 0 Å². The number of aromatic amines is 1. The zero-order chi connectivity index (χ0) is 12.4. The summed E-state index contributed by atoms with van der Waals surface area (Å²) in [5, 5.41) is 12.7. The molecule has 5 nitrogen and oxygen atoms in total. The minimum atomic E-state index is -0.161. The molecule has 1 heterocycles. The first kappa shape index (κ1) is 11.3. The zero-order valence-electron chi connectivity index (χ0n) is 9.73. The second-order valence-corrected chi connectivity index (χ2v) is 3.65. The molecule has 2 N–H and O–H groups in total. The summed E-state index contributed by atoms with van der Waals surface area (Å²) >= 11 is 0. The maximum atomic E-state index is 11.4. The lowest BCUT2D eigenvalue weighted by Gasteiger charge is -2.10. The van der Waals surface area contributed by atoms with E-state index in [1.165, 1.54) is 10.7 Å². The van der Waals surface area contributed by atoms with E-state index in [1.807, 2.05) is 6.92 Å². The number of phenols is 1. The van der Waals surface area contributed by atoms with Crippen LogP contribution in [-0.2, 0) is 7.05 Å². The lowest BCUT2D eigenvalue weighted by molar-refractivity contribution is 0.339. The van der Waals surface area contributed by atoms with Crippen LogP contribution >= 0.6 is 0 Å². The van der Waals surface area contributed by atoms with Gasteiger partial charge in [0.15, 0.2) is 0 Å². The number of aromatic hydroxyl groups is 1. The molecule has 0 unspecified atom stereocenters. The predicted molar refractivity (Wildman–Crippen MR) is 64.3 cm³/mol. The monoisotopic (exact) mass is 234 g/mol. The Labute approximate surface area is 98.3 Å². The van der Waals surface area contributed by atoms with E-state index in [4.69, 9.17) is 4.74 Å². The summed E-state index contributed by atoms with van der Waals surface area (Å²) < 4.78 is 6.77. The molecule has 0 aliphatic heterocycles. The largest absolute Gasteiger partial charge is 0.507 e. The van der Waals surface area contributed by atoms with Crippen molar-refractivity contribution < 1.29 is 9.84 Å². The molecule has 1 aromatic carbocycles. The van der Waals surface area contributed by atoms with E-state index in [9.17, 15) is 9.90 Å². The summed E-state index contributed by atoms with van der Waals surface area (Å²) in [5.74, 6) is 0.632. The molecule has 0 aliphatic carbocycles. The van der Waals surface area contributed by atoms with Gasteiger partial charge in [-0.15, -0.1) is 0 Å². The lowest BCUT2D eigenvalue weighted by Crippen LogP contribution is -2.09. The molecule has 0 saturated heterocycles. The highest BCUT2D eigenvalue weighted by atomic mass is 16.5. The third-order valence-corrected chi connectivity index (χ3v) is 2.46. The van der Waals surface area contributed by atoms with Crippen LogP contribution in [0.25, 0.3) is 11.3 Å². The second kappa shape index (κ2) is 4.37. The molecule has 0 saturated carbocycles. The molecule has 5 heteroatoms. The first-order valence-electron chi connectivity index (χ1n) is 5.34. The van der Waals surface area contributed by atoms with Gasteiger partial charge in [-0.25, -0.2) is 0 Å². The normalized spacial score (nSPS) is 10.5. The summed E-state index contributed by atoms with van der Waals surface area (Å²) in [5.41, 5.74) is 0.886. The average Bonchev–Trinajstić information content (AvgIpc) is 2.59. The van der Waals surface area contributed by atoms with Gasteiger partial charge < -0.3 is 9.84 Å². The molecule has 0 radical (unpaired) electrons. The number of rotatable bonds is 3. The predicted octanol–water partition coefficient (Wildman–Crippen LogP) is 1.48. The van der Waals surface area contributed by atoms with Crippen LogP contribution in [0.3, 0.4) is 0 Å². The summed E-state index contributed by atoms with van der Waals surface area (Å²) in [4.78, 5) is 11.4. The van der Waals surface area contributed by atoms with E-state index in [2.05, 4.69) is 5.10 Å². The maximum absolute atomic E-state index is 11.4. The second-order valence-electron chi connectivity index (χ2n) is 3.65. The van der Waals surface area contributed by atoms with Crippen LogP contribution in [-0.4, -0.2) is 21.5 Å². The van der Waals surface area contributed by atoms with E-state index in [-0.39, 0.29) is 11.3 Å². The maximum Gasteiger partial charge on any atom is 0.266 e. The molecule has 0 spiro atoms. The number of ether oxygens (including phenoxy) is 1. The van der Waals surface area contributed by atoms with Gasteiger partial charge in [-0.1, -0.05) is 6.07 Å². The Morgan fingerprint density at radius 1 is 1.47 bits per heavy atom. The van der Waals surface area contributed by atoms with Gasteiger partial charge in [-0.2, -0.15) is 0 Å². The van der Waals surface area contributed by atoms with Crippen molar-refractivity contribution in [2.75, 3.05) is 6.61 Å². The first-order valence-corrected chi connectivity index (χ1v) is 5.34. The van der Waals surface area contributed by atoms with E-state index in [0.717, 1.165) is 0 Å². The van der Waals surface area contributed by atoms with Crippen LogP contribution in [0, 0.1) is 0 Å². The van der Waals surface area contributed by atoms with E-state index in [0.29, 0.717) is 23.6 Å². The minimum absolute atomic E-state index is 0.0813. The molecule has 0 amide bonds. The Balaban J connectivity index is 2.60. The van der Waals surface area contributed by atoms with E-state index >= 15 is 0 Å². The van der Waals surface area contributed by atoms with Gasteiger partial charge in [0.05, 0.1) is 17.9 Å². The highest BCUT2D eigenvalue weighted by molar-refractivity contribution is 5.73. The Morgan fingerprint density at radius 2 is 2.24 bits per heavy atom. The number of H-pyrrole nitrogens is 1. The van der Waals surface area contributed by atoms with Crippen LogP contribution in [0.15, 0.2) is 29.1 Å². The van der Waals surface area contributed by atoms with Crippen molar-refractivity contribution in [3.8, 4) is 22.8 Å². The SMILES string of the molecule is CCOc1cccc(O)c1-c1cc(=O)n(C)[nH]1. The quantitative estimate of drug-likeness (QED) is 0.845. The van der Waals surface area contributed by atoms with Gasteiger partial charge in [0.2, 0.25) is 0 Å². The number of benzene rings is 1. The molecular formula is C12H14N2O3. The minimum Gasteiger partial charge on any atom is -0.507 e. The number of aromatic nitrogens is 2. The topological polar surface area (TPSA) is 67.2 Å². The fourth-order valence-electron chi connectivity index (χ4n) is 1.68. The van der Waals surface area contributed by atoms with Crippen molar-refractivity contribution in [2.45, 2.75) is 6.92 Å². The van der Waals surface area contributed by atoms with Crippen molar-refractivity contribution in [3.63, 3.8) is 0 Å². The number of phenolic OH excluding ortho intramolecular Hbond substituents is 1. The molecule has 0 bridgehead atoms. The fraction of sp³-hybridized carbons (Fsp3) is 0.250. The van der Waals surface area contributed by atoms with Crippen LogP contribution in [0.2, 0.25) is 0 Å². The summed E-state index contributed by atoms with van der Waals surface area (Å²) in [7, 11) is 1.62. The van der Waals surface area contributed by atoms with Crippen molar-refractivity contribution in [2.24, 2.45) is 7.05 Å². The Kier molecular flexibility index (Phi) is 2.91. The number of aryl methyl sites for hydroxylation is 1. The van der Waals surface area contributed by atoms with Crippen LogP contribution in [0.1, 0.15) is 6.92 Å². The standard InChI is InChI=1S/C12H14N2O3/c1-3-17-10-6-4-5-9(15)12(10)8-7-11(16)14(2)13-8/h4-7,13,15H,3H2,1-2H3. The third-order valence-electron chi connectivity index (χ3n) is 2.46. The van der Waals surface area contributed by atoms with Crippen molar-refractivity contribution in [1.29, 1.82) is 0 Å². The average molecular weight is 234 g/mol. The first-order chi connectivity index (χ1) is 8.13. The lowest BCUT2D eigenvalue weighted by atomic mass is 10.1. The van der Waals surface area contributed by atoms with Crippen molar-refractivity contribution in [3.05, 3.63) is 34.6 Å². The van der Waals surface area contributed by atoms with Crippen molar-refractivity contribution in [1.82, 2.24) is 9.78 Å². The molecule has 0 fully saturated rings. The molecule has 0 aliphatic rings. The molecule has 1 aromatic heterocycles. The Bertz CT molecular complexity index is 584. The number of hydrogen-bond donors (Lipinski definition) is 2. The molecule has 17 heavy (non-hydrogen) atoms. The van der Waals surface area contributed by atoms with Gasteiger partial charge in [0, 0.05) is 13.1 Å². The van der Waals surface area contributed by atoms with E-state index in [1.54, 1.807) is 25.2 Å². The highest BCUT2D eigenvalue weighted by Crippen LogP contribution is 2.35. The highest BCUT2D eigenvalue weighted by Gasteiger charge is 2.13. The van der Waals surface area contributed by atoms with Crippen LogP contribution in [0.4, 0.5) is 0 Å². The smallest absolute Gasteiger partial charge is 0.266 e. The van der Waals surface area contributed by atoms with Gasteiger partial charge >= 0.3 is 0 Å². The molecular weight excluding hydrogens is 220 g/mol. The molecule has 2 rings (SSSR count). The van der Waals surface area contributed by atoms with Gasteiger partial charge in [0.25, 0.3) is 5.56 Å². The summed E-state index contributed by atoms with van der Waals surface area (Å²) in [6.07, 6.45) is 0. The fourth-order valence-corrected chi connectivity index (χ4v) is 1.68. The van der Waals surface area contributed by atoms with Crippen LogP contribution in [0.5, 0.6) is 11.5 Å². The van der Waals surface area contributed by atoms with Gasteiger partial charge in [-0.3, -0.25) is 14.6 Å². The number of hydrogen-bond acceptors (Lipinski definition) is 3. The summed E-state index contributed by atoms with van der Waals surface area (Å²) in [6.45, 7) is 2.36. The van der Waals surface area contributed by atoms with Gasteiger partial charge in [-0.05, 0) is 19.1 Å². The Hall–Kier alpha value is -2.17. The molecule has 2 aromatic rings. The van der Waals surface area contributed by atoms with Crippen molar-refractivity contribution >= 4 is 0 Å². The molecule has 0 atom stereocenters. The number of nitrogens with zero attached hydrogens (tertiary/aromatic N) is 1. The zero-order valence-corrected chi connectivity index (χ0v) is 9.73.